The molecule has 1 aliphatic heterocycles. The van der Waals surface area contributed by atoms with Gasteiger partial charge in [0.1, 0.15) is 11.9 Å². The summed E-state index contributed by atoms with van der Waals surface area (Å²) in [6.07, 6.45) is 1.58. The smallest absolute Gasteiger partial charge is 0.338 e. The summed E-state index contributed by atoms with van der Waals surface area (Å²) >= 11 is 0. The zero-order valence-corrected chi connectivity index (χ0v) is 9.33. The molecule has 2 aromatic carbocycles. The minimum Gasteiger partial charge on any atom is -0.478 e. The van der Waals surface area contributed by atoms with Gasteiger partial charge in [-0.3, -0.25) is 0 Å². The van der Waals surface area contributed by atoms with Crippen molar-refractivity contribution in [3.8, 4) is 5.75 Å². The Bertz CT molecular complexity index is 750. The van der Waals surface area contributed by atoms with E-state index in [9.17, 15) is 4.79 Å². The monoisotopic (exact) mass is 239 g/mol. The molecule has 0 aliphatic carbocycles. The molecule has 18 heavy (non-hydrogen) atoms. The Kier molecular flexibility index (Phi) is 2.34. The van der Waals surface area contributed by atoms with Gasteiger partial charge in [0.05, 0.1) is 10.9 Å². The van der Waals surface area contributed by atoms with Crippen molar-refractivity contribution in [2.45, 2.75) is 0 Å². The summed E-state index contributed by atoms with van der Waals surface area (Å²) in [5, 5.41) is 10.7. The first kappa shape index (κ1) is 10.5. The van der Waals surface area contributed by atoms with Gasteiger partial charge in [0, 0.05) is 5.22 Å². The lowest BCUT2D eigenvalue weighted by molar-refractivity contribution is 0.0697. The summed E-state index contributed by atoms with van der Waals surface area (Å²) in [6, 6.07) is 12.3. The van der Waals surface area contributed by atoms with E-state index in [2.05, 4.69) is 4.99 Å². The van der Waals surface area contributed by atoms with Gasteiger partial charge in [-0.1, -0.05) is 18.2 Å². The minimum absolute atomic E-state index is 0.137. The molecule has 0 aromatic heterocycles. The third-order valence-corrected chi connectivity index (χ3v) is 2.71. The highest BCUT2D eigenvalue weighted by molar-refractivity contribution is 5.95. The second-order valence-electron chi connectivity index (χ2n) is 3.86. The zero-order chi connectivity index (χ0) is 12.5. The van der Waals surface area contributed by atoms with Gasteiger partial charge < -0.3 is 9.84 Å². The van der Waals surface area contributed by atoms with Crippen LogP contribution in [0.15, 0.2) is 47.5 Å². The molecular weight excluding hydrogens is 230 g/mol. The van der Waals surface area contributed by atoms with Crippen LogP contribution in [0.4, 0.5) is 5.69 Å². The lowest BCUT2D eigenvalue weighted by Crippen LogP contribution is -2.23. The molecule has 1 heterocycles. The van der Waals surface area contributed by atoms with E-state index in [4.69, 9.17) is 9.84 Å². The van der Waals surface area contributed by atoms with Crippen molar-refractivity contribution in [3.63, 3.8) is 0 Å². The number of rotatable bonds is 1. The summed E-state index contributed by atoms with van der Waals surface area (Å²) in [5.74, 6) is -0.565. The Hall–Kier alpha value is -2.62. The maximum Gasteiger partial charge on any atom is 0.338 e. The molecule has 1 aliphatic rings. The lowest BCUT2D eigenvalue weighted by Gasteiger charge is -2.05. The summed E-state index contributed by atoms with van der Waals surface area (Å²) in [4.78, 5) is 15.6. The van der Waals surface area contributed by atoms with E-state index in [1.165, 1.54) is 6.07 Å². The topological polar surface area (TPSA) is 58.9 Å². The number of ether oxygens (including phenoxy) is 1. The van der Waals surface area contributed by atoms with Crippen molar-refractivity contribution in [2.24, 2.45) is 4.99 Å². The molecule has 4 heteroatoms. The van der Waals surface area contributed by atoms with Gasteiger partial charge in [-0.2, -0.15) is 0 Å². The van der Waals surface area contributed by atoms with E-state index >= 15 is 0 Å². The molecule has 0 saturated heterocycles. The van der Waals surface area contributed by atoms with Gasteiger partial charge in [-0.25, -0.2) is 9.79 Å². The van der Waals surface area contributed by atoms with Gasteiger partial charge in [0.2, 0.25) is 0 Å². The Labute approximate surface area is 102 Å². The average Bonchev–Trinajstić information content (AvgIpc) is 2.57. The number of hydrogen-bond donors (Lipinski definition) is 1. The number of fused-ring (bicyclic) bond motifs is 2. The average molecular weight is 239 g/mol. The quantitative estimate of drug-likeness (QED) is 0.819. The van der Waals surface area contributed by atoms with Crippen molar-refractivity contribution in [1.29, 1.82) is 0 Å². The summed E-state index contributed by atoms with van der Waals surface area (Å²) in [7, 11) is 0. The molecule has 0 amide bonds. The maximum absolute atomic E-state index is 11.2. The predicted molar refractivity (Wildman–Crippen MR) is 65.4 cm³/mol. The van der Waals surface area contributed by atoms with Gasteiger partial charge in [-0.05, 0) is 24.3 Å². The van der Waals surface area contributed by atoms with Crippen LogP contribution in [0.2, 0.25) is 0 Å². The van der Waals surface area contributed by atoms with E-state index in [-0.39, 0.29) is 5.56 Å². The Morgan fingerprint density at radius 3 is 2.78 bits per heavy atom. The van der Waals surface area contributed by atoms with Gasteiger partial charge in [0.15, 0.2) is 5.75 Å². The van der Waals surface area contributed by atoms with Crippen LogP contribution in [-0.4, -0.2) is 11.1 Å². The zero-order valence-electron chi connectivity index (χ0n) is 9.33. The molecule has 0 atom stereocenters. The van der Waals surface area contributed by atoms with Gasteiger partial charge in [0.25, 0.3) is 0 Å². The van der Waals surface area contributed by atoms with Crippen LogP contribution in [-0.2, 0) is 0 Å². The molecule has 2 aromatic rings. The van der Waals surface area contributed by atoms with Crippen molar-refractivity contribution in [2.75, 3.05) is 0 Å². The fourth-order valence-electron chi connectivity index (χ4n) is 1.84. The van der Waals surface area contributed by atoms with Crippen molar-refractivity contribution in [1.82, 2.24) is 0 Å². The standard InChI is InChI=1S/C14H9NO3/c16-14(17)10-5-3-7-12-13(10)15-11-6-2-1-4-9(11)8-18-12/h1-8H,(H,16,17). The third kappa shape index (κ3) is 1.64. The first-order valence-corrected chi connectivity index (χ1v) is 5.42. The van der Waals surface area contributed by atoms with Crippen LogP contribution in [0, 0.1) is 0 Å². The molecule has 0 radical (unpaired) electrons. The van der Waals surface area contributed by atoms with Crippen LogP contribution in [0.5, 0.6) is 5.75 Å². The number of carboxylic acid groups (broad SMARTS) is 1. The molecule has 3 rings (SSSR count). The highest BCUT2D eigenvalue weighted by Gasteiger charge is 2.15. The van der Waals surface area contributed by atoms with Gasteiger partial charge in [-0.15, -0.1) is 0 Å². The Morgan fingerprint density at radius 2 is 1.94 bits per heavy atom. The SMILES string of the molecule is O=C(O)c1cccc2c1N=c1ccccc1=CO2. The first-order chi connectivity index (χ1) is 8.75. The summed E-state index contributed by atoms with van der Waals surface area (Å²) < 4.78 is 5.48. The van der Waals surface area contributed by atoms with Crippen LogP contribution < -0.4 is 15.3 Å². The van der Waals surface area contributed by atoms with E-state index in [0.717, 1.165) is 5.22 Å². The van der Waals surface area contributed by atoms with Crippen LogP contribution in [0.1, 0.15) is 10.4 Å². The number of hydrogen-bond acceptors (Lipinski definition) is 3. The Morgan fingerprint density at radius 1 is 1.11 bits per heavy atom. The molecule has 0 spiro atoms. The minimum atomic E-state index is -1.02. The van der Waals surface area contributed by atoms with Crippen molar-refractivity contribution < 1.29 is 14.6 Å². The fourth-order valence-corrected chi connectivity index (χ4v) is 1.84. The number of nitrogens with zero attached hydrogens (tertiary/aromatic N) is 1. The normalized spacial score (nSPS) is 12.0. The molecule has 0 fully saturated rings. The maximum atomic E-state index is 11.2. The van der Waals surface area contributed by atoms with E-state index in [0.29, 0.717) is 16.8 Å². The second-order valence-corrected chi connectivity index (χ2v) is 3.86. The van der Waals surface area contributed by atoms with Crippen molar-refractivity contribution in [3.05, 3.63) is 58.6 Å². The Balaban J connectivity index is 2.36. The number of aromatic carboxylic acids is 1. The van der Waals surface area contributed by atoms with Crippen LogP contribution >= 0.6 is 0 Å². The van der Waals surface area contributed by atoms with Crippen molar-refractivity contribution >= 4 is 17.9 Å². The number of benzene rings is 2. The predicted octanol–water partition coefficient (Wildman–Crippen LogP) is 1.47. The van der Waals surface area contributed by atoms with Crippen LogP contribution in [0.25, 0.3) is 6.26 Å². The molecular formula is C14H9NO3. The van der Waals surface area contributed by atoms with E-state index in [1.54, 1.807) is 18.4 Å². The fraction of sp³-hybridized carbons (Fsp3) is 0. The van der Waals surface area contributed by atoms with Gasteiger partial charge >= 0.3 is 5.97 Å². The summed E-state index contributed by atoms with van der Waals surface area (Å²) in [5.41, 5.74) is 0.490. The largest absolute Gasteiger partial charge is 0.478 e. The van der Waals surface area contributed by atoms with E-state index < -0.39 is 5.97 Å². The molecule has 0 bridgehead atoms. The third-order valence-electron chi connectivity index (χ3n) is 2.71. The number of para-hydroxylation sites is 2. The molecule has 0 saturated carbocycles. The highest BCUT2D eigenvalue weighted by Crippen LogP contribution is 2.31. The molecule has 1 N–H and O–H groups in total. The first-order valence-electron chi connectivity index (χ1n) is 5.42. The lowest BCUT2D eigenvalue weighted by atomic mass is 10.1. The number of carboxylic acids is 1. The molecule has 4 nitrogen and oxygen atoms in total. The molecule has 0 unspecified atom stereocenters. The summed E-state index contributed by atoms with van der Waals surface area (Å²) in [6.45, 7) is 0. The second kappa shape index (κ2) is 4.00. The molecule has 88 valence electrons. The van der Waals surface area contributed by atoms with E-state index in [1.807, 2.05) is 24.3 Å². The number of carbonyl (C=O) groups is 1. The van der Waals surface area contributed by atoms with Crippen LogP contribution in [0.3, 0.4) is 0 Å². The highest BCUT2D eigenvalue weighted by atomic mass is 16.5.